The highest BCUT2D eigenvalue weighted by atomic mass is 35.5. The van der Waals surface area contributed by atoms with Crippen molar-refractivity contribution in [2.75, 3.05) is 13.2 Å². The molecule has 2 aromatic rings. The Labute approximate surface area is 173 Å². The van der Waals surface area contributed by atoms with E-state index < -0.39 is 10.9 Å². The van der Waals surface area contributed by atoms with Gasteiger partial charge in [0.1, 0.15) is 11.6 Å². The first kappa shape index (κ1) is 22.1. The maximum atomic E-state index is 11.8. The van der Waals surface area contributed by atoms with Crippen LogP contribution in [0.2, 0.25) is 5.02 Å². The number of halogens is 1. The number of hydrogen-bond donors (Lipinski definition) is 1. The molecule has 2 rings (SSSR count). The van der Waals surface area contributed by atoms with Crippen molar-refractivity contribution in [3.63, 3.8) is 0 Å². The van der Waals surface area contributed by atoms with Gasteiger partial charge in [-0.2, -0.15) is 0 Å². The lowest BCUT2D eigenvalue weighted by molar-refractivity contribution is -0.384. The number of carbonyl (C=O) groups excluding carboxylic acids is 2. The number of nitrogens with zero attached hydrogens (tertiary/aromatic N) is 1. The minimum absolute atomic E-state index is 0.0212. The first-order chi connectivity index (χ1) is 13.8. The summed E-state index contributed by atoms with van der Waals surface area (Å²) in [5, 5.41) is 13.6. The second kappa shape index (κ2) is 11.0. The third kappa shape index (κ3) is 7.75. The lowest BCUT2D eigenvalue weighted by atomic mass is 10.1. The average molecular weight is 417 g/mol. The molecule has 8 heteroatoms. The molecule has 0 aliphatic heterocycles. The summed E-state index contributed by atoms with van der Waals surface area (Å²) in [5.41, 5.74) is 2.46. The predicted molar refractivity (Wildman–Crippen MR) is 111 cm³/mol. The minimum atomic E-state index is -0.614. The molecule has 0 saturated heterocycles. The molecule has 0 saturated carbocycles. The Kier molecular flexibility index (Phi) is 8.36. The van der Waals surface area contributed by atoms with Crippen molar-refractivity contribution < 1.29 is 19.2 Å². The highest BCUT2D eigenvalue weighted by molar-refractivity contribution is 6.32. The Morgan fingerprint density at radius 2 is 1.93 bits per heavy atom. The average Bonchev–Trinajstić information content (AvgIpc) is 2.70. The number of hydrogen-bond acceptors (Lipinski definition) is 5. The fourth-order valence-corrected chi connectivity index (χ4v) is 2.62. The van der Waals surface area contributed by atoms with Crippen molar-refractivity contribution >= 4 is 35.2 Å². The van der Waals surface area contributed by atoms with Crippen molar-refractivity contribution in [3.8, 4) is 0 Å². The number of amides is 1. The third-order valence-electron chi connectivity index (χ3n) is 4.01. The summed E-state index contributed by atoms with van der Waals surface area (Å²) >= 11 is 5.74. The highest BCUT2D eigenvalue weighted by Crippen LogP contribution is 2.25. The quantitative estimate of drug-likeness (QED) is 0.220. The molecular weight excluding hydrogens is 396 g/mol. The van der Waals surface area contributed by atoms with Gasteiger partial charge >= 0.3 is 5.97 Å². The molecule has 1 amide bonds. The molecule has 0 atom stereocenters. The molecule has 0 unspecified atom stereocenters. The van der Waals surface area contributed by atoms with Crippen molar-refractivity contribution in [3.05, 3.63) is 80.4 Å². The van der Waals surface area contributed by atoms with Crippen molar-refractivity contribution in [1.29, 1.82) is 0 Å². The molecule has 29 heavy (non-hydrogen) atoms. The molecule has 7 nitrogen and oxygen atoms in total. The summed E-state index contributed by atoms with van der Waals surface area (Å²) in [7, 11) is 0. The van der Waals surface area contributed by atoms with Gasteiger partial charge in [0.05, 0.1) is 11.5 Å². The van der Waals surface area contributed by atoms with Crippen LogP contribution in [-0.2, 0) is 20.7 Å². The van der Waals surface area contributed by atoms with Crippen molar-refractivity contribution in [2.24, 2.45) is 0 Å². The first-order valence-corrected chi connectivity index (χ1v) is 9.34. The van der Waals surface area contributed by atoms with Crippen LogP contribution in [0.1, 0.15) is 23.1 Å². The number of esters is 1. The molecular formula is C21H21ClN2O5. The molecule has 0 fully saturated rings. The number of carbonyl (C=O) groups is 2. The third-order valence-corrected chi connectivity index (χ3v) is 4.33. The van der Waals surface area contributed by atoms with Crippen LogP contribution in [-0.4, -0.2) is 30.0 Å². The summed E-state index contributed by atoms with van der Waals surface area (Å²) in [5.74, 6) is -0.734. The van der Waals surface area contributed by atoms with E-state index in [-0.39, 0.29) is 29.8 Å². The van der Waals surface area contributed by atoms with E-state index >= 15 is 0 Å². The SMILES string of the molecule is Cc1ccc(CCC(=O)NCCOC(=O)/C=C/c2ccc(Cl)c([N+](=O)[O-])c2)cc1. The second-order valence-corrected chi connectivity index (χ2v) is 6.71. The molecule has 0 spiro atoms. The van der Waals surface area contributed by atoms with Crippen LogP contribution >= 0.6 is 11.6 Å². The van der Waals surface area contributed by atoms with Gasteiger partial charge in [-0.3, -0.25) is 14.9 Å². The van der Waals surface area contributed by atoms with Gasteiger partial charge in [0.2, 0.25) is 5.91 Å². The van der Waals surface area contributed by atoms with Crippen LogP contribution < -0.4 is 5.32 Å². The van der Waals surface area contributed by atoms with Crippen LogP contribution in [0.25, 0.3) is 6.08 Å². The number of nitrogens with one attached hydrogen (secondary N) is 1. The molecule has 0 aliphatic carbocycles. The fraction of sp³-hybridized carbons (Fsp3) is 0.238. The molecule has 0 aliphatic rings. The predicted octanol–water partition coefficient (Wildman–Crippen LogP) is 3.86. The Bertz CT molecular complexity index is 910. The first-order valence-electron chi connectivity index (χ1n) is 8.96. The van der Waals surface area contributed by atoms with Crippen LogP contribution in [0.4, 0.5) is 5.69 Å². The summed E-state index contributed by atoms with van der Waals surface area (Å²) in [6.07, 6.45) is 3.55. The standard InChI is InChI=1S/C21H21ClN2O5/c1-15-2-4-16(5-3-15)7-10-20(25)23-12-13-29-21(26)11-8-17-6-9-18(22)19(14-17)24(27)28/h2-6,8-9,11,14H,7,10,12-13H2,1H3,(H,23,25)/b11-8+. The second-order valence-electron chi connectivity index (χ2n) is 6.30. The Morgan fingerprint density at radius 3 is 2.62 bits per heavy atom. The topological polar surface area (TPSA) is 98.5 Å². The van der Waals surface area contributed by atoms with E-state index in [9.17, 15) is 19.7 Å². The highest BCUT2D eigenvalue weighted by Gasteiger charge is 2.11. The zero-order valence-corrected chi connectivity index (χ0v) is 16.6. The van der Waals surface area contributed by atoms with Gasteiger partial charge in [0.25, 0.3) is 5.69 Å². The Morgan fingerprint density at radius 1 is 1.21 bits per heavy atom. The zero-order valence-electron chi connectivity index (χ0n) is 15.9. The molecule has 1 N–H and O–H groups in total. The molecule has 152 valence electrons. The Hall–Kier alpha value is -3.19. The Balaban J connectivity index is 1.68. The van der Waals surface area contributed by atoms with Gasteiger partial charge in [0, 0.05) is 18.6 Å². The van der Waals surface area contributed by atoms with Crippen LogP contribution in [0, 0.1) is 17.0 Å². The maximum Gasteiger partial charge on any atom is 0.330 e. The number of ether oxygens (including phenoxy) is 1. The molecule has 2 aromatic carbocycles. The number of aryl methyl sites for hydroxylation is 2. The van der Waals surface area contributed by atoms with E-state index in [4.69, 9.17) is 16.3 Å². The molecule has 0 aromatic heterocycles. The zero-order chi connectivity index (χ0) is 21.2. The normalized spacial score (nSPS) is 10.7. The number of nitro groups is 1. The fourth-order valence-electron chi connectivity index (χ4n) is 2.43. The van der Waals surface area contributed by atoms with Gasteiger partial charge in [-0.15, -0.1) is 0 Å². The van der Waals surface area contributed by atoms with Crippen LogP contribution in [0.15, 0.2) is 48.5 Å². The number of benzene rings is 2. The van der Waals surface area contributed by atoms with E-state index in [1.165, 1.54) is 23.8 Å². The van der Waals surface area contributed by atoms with Gasteiger partial charge in [-0.25, -0.2) is 4.79 Å². The van der Waals surface area contributed by atoms with Crippen molar-refractivity contribution in [1.82, 2.24) is 5.32 Å². The number of nitro benzene ring substituents is 1. The van der Waals surface area contributed by atoms with Crippen molar-refractivity contribution in [2.45, 2.75) is 19.8 Å². The summed E-state index contributed by atoms with van der Waals surface area (Å²) in [6.45, 7) is 2.24. The van der Waals surface area contributed by atoms with E-state index in [0.29, 0.717) is 18.4 Å². The minimum Gasteiger partial charge on any atom is -0.461 e. The molecule has 0 radical (unpaired) electrons. The summed E-state index contributed by atoms with van der Waals surface area (Å²) in [4.78, 5) is 33.8. The van der Waals surface area contributed by atoms with E-state index in [1.54, 1.807) is 6.07 Å². The molecule has 0 bridgehead atoms. The van der Waals surface area contributed by atoms with Gasteiger partial charge in [-0.1, -0.05) is 47.5 Å². The lowest BCUT2D eigenvalue weighted by Crippen LogP contribution is -2.28. The van der Waals surface area contributed by atoms with Gasteiger partial charge in [-0.05, 0) is 36.6 Å². The summed E-state index contributed by atoms with van der Waals surface area (Å²) in [6, 6.07) is 12.2. The smallest absolute Gasteiger partial charge is 0.330 e. The van der Waals surface area contributed by atoms with E-state index in [2.05, 4.69) is 5.32 Å². The van der Waals surface area contributed by atoms with Gasteiger partial charge in [0.15, 0.2) is 0 Å². The largest absolute Gasteiger partial charge is 0.461 e. The summed E-state index contributed by atoms with van der Waals surface area (Å²) < 4.78 is 4.99. The molecule has 0 heterocycles. The van der Waals surface area contributed by atoms with E-state index in [1.807, 2.05) is 31.2 Å². The monoisotopic (exact) mass is 416 g/mol. The number of rotatable bonds is 9. The van der Waals surface area contributed by atoms with Gasteiger partial charge < -0.3 is 10.1 Å². The van der Waals surface area contributed by atoms with Crippen LogP contribution in [0.5, 0.6) is 0 Å². The lowest BCUT2D eigenvalue weighted by Gasteiger charge is -2.06. The van der Waals surface area contributed by atoms with Crippen LogP contribution in [0.3, 0.4) is 0 Å². The maximum absolute atomic E-state index is 11.8. The van der Waals surface area contributed by atoms with E-state index in [0.717, 1.165) is 11.6 Å².